The van der Waals surface area contributed by atoms with Crippen molar-refractivity contribution in [1.82, 2.24) is 0 Å². The summed E-state index contributed by atoms with van der Waals surface area (Å²) in [5, 5.41) is 3.67. The van der Waals surface area contributed by atoms with Gasteiger partial charge in [0, 0.05) is 27.9 Å². The minimum Gasteiger partial charge on any atom is -0.399 e. The van der Waals surface area contributed by atoms with Crippen LogP contribution < -0.4 is 11.1 Å². The Kier molecular flexibility index (Phi) is 5.21. The van der Waals surface area contributed by atoms with Gasteiger partial charge in [-0.25, -0.2) is 0 Å². The molecule has 1 saturated carbocycles. The van der Waals surface area contributed by atoms with E-state index in [2.05, 4.69) is 110 Å². The number of nitrogens with one attached hydrogen (secondary N) is 1. The molecule has 0 aliphatic heterocycles. The van der Waals surface area contributed by atoms with Crippen LogP contribution in [0, 0.1) is 0 Å². The number of benzene rings is 4. The molecule has 35 heavy (non-hydrogen) atoms. The van der Waals surface area contributed by atoms with Crippen molar-refractivity contribution in [1.29, 1.82) is 0 Å². The monoisotopic (exact) mass is 458 g/mol. The molecule has 176 valence electrons. The Hall–Kier alpha value is -3.52. The summed E-state index contributed by atoms with van der Waals surface area (Å²) in [5.74, 6) is 0. The molecule has 0 spiro atoms. The van der Waals surface area contributed by atoms with E-state index >= 15 is 0 Å². The van der Waals surface area contributed by atoms with Crippen molar-refractivity contribution in [3.8, 4) is 11.1 Å². The lowest BCUT2D eigenvalue weighted by molar-refractivity contribution is 0.346. The Morgan fingerprint density at radius 2 is 1.23 bits per heavy atom. The Morgan fingerprint density at radius 3 is 1.94 bits per heavy atom. The normalized spacial score (nSPS) is 17.4. The Morgan fingerprint density at radius 1 is 0.629 bits per heavy atom. The fourth-order valence-electron chi connectivity index (χ4n) is 6.54. The first kappa shape index (κ1) is 22.0. The van der Waals surface area contributed by atoms with Crippen molar-refractivity contribution < 1.29 is 0 Å². The van der Waals surface area contributed by atoms with E-state index in [1.165, 1.54) is 65.5 Å². The smallest absolute Gasteiger partial charge is 0.0390 e. The average molecular weight is 459 g/mol. The van der Waals surface area contributed by atoms with Crippen LogP contribution in [0.2, 0.25) is 0 Å². The van der Waals surface area contributed by atoms with E-state index in [0.29, 0.717) is 0 Å². The first-order chi connectivity index (χ1) is 17.0. The minimum absolute atomic E-state index is 0.0442. The summed E-state index contributed by atoms with van der Waals surface area (Å²) < 4.78 is 0. The molecule has 0 unspecified atom stereocenters. The van der Waals surface area contributed by atoms with Gasteiger partial charge in [-0.15, -0.1) is 0 Å². The van der Waals surface area contributed by atoms with Crippen LogP contribution in [0.4, 0.5) is 17.1 Å². The lowest BCUT2D eigenvalue weighted by Gasteiger charge is -2.39. The van der Waals surface area contributed by atoms with Crippen LogP contribution in [0.1, 0.15) is 68.2 Å². The minimum atomic E-state index is 0.0442. The second kappa shape index (κ2) is 8.30. The maximum absolute atomic E-state index is 6.00. The Labute approximate surface area is 209 Å². The van der Waals surface area contributed by atoms with Gasteiger partial charge in [-0.3, -0.25) is 0 Å². The molecule has 0 bridgehead atoms. The lowest BCUT2D eigenvalue weighted by Crippen LogP contribution is -2.30. The van der Waals surface area contributed by atoms with Gasteiger partial charge in [-0.2, -0.15) is 0 Å². The summed E-state index contributed by atoms with van der Waals surface area (Å²) in [6.07, 6.45) is 6.27. The number of nitrogens with two attached hydrogens (primary N) is 1. The van der Waals surface area contributed by atoms with Crippen LogP contribution in [0.25, 0.3) is 11.1 Å². The number of anilines is 3. The molecular weight excluding hydrogens is 424 g/mol. The molecule has 2 nitrogen and oxygen atoms in total. The van der Waals surface area contributed by atoms with E-state index < -0.39 is 0 Å². The highest BCUT2D eigenvalue weighted by molar-refractivity contribution is 5.83. The molecule has 0 saturated heterocycles. The molecule has 0 atom stereocenters. The summed E-state index contributed by atoms with van der Waals surface area (Å²) >= 11 is 0. The van der Waals surface area contributed by atoms with Crippen molar-refractivity contribution >= 4 is 17.1 Å². The molecule has 4 aromatic carbocycles. The molecule has 2 aliphatic carbocycles. The largest absolute Gasteiger partial charge is 0.399 e. The summed E-state index contributed by atoms with van der Waals surface area (Å²) in [6.45, 7) is 4.65. The molecular formula is C33H34N2. The third-order valence-electron chi connectivity index (χ3n) is 8.48. The van der Waals surface area contributed by atoms with Crippen LogP contribution in [0.5, 0.6) is 0 Å². The van der Waals surface area contributed by atoms with E-state index in [0.717, 1.165) is 17.1 Å². The highest BCUT2D eigenvalue weighted by atomic mass is 14.9. The van der Waals surface area contributed by atoms with Crippen LogP contribution in [-0.2, 0) is 10.8 Å². The summed E-state index contributed by atoms with van der Waals surface area (Å²) in [5.41, 5.74) is 17.6. The Balaban J connectivity index is 1.30. The van der Waals surface area contributed by atoms with E-state index in [1.54, 1.807) is 0 Å². The number of fused-ring (bicyclic) bond motifs is 3. The van der Waals surface area contributed by atoms with Crippen molar-refractivity contribution in [2.24, 2.45) is 0 Å². The number of hydrogen-bond donors (Lipinski definition) is 2. The molecule has 2 heteroatoms. The average Bonchev–Trinajstić information content (AvgIpc) is 3.12. The van der Waals surface area contributed by atoms with Gasteiger partial charge in [0.2, 0.25) is 0 Å². The molecule has 4 aromatic rings. The predicted molar refractivity (Wildman–Crippen MR) is 148 cm³/mol. The predicted octanol–water partition coefficient (Wildman–Crippen LogP) is 8.57. The van der Waals surface area contributed by atoms with Gasteiger partial charge in [-0.1, -0.05) is 87.7 Å². The molecule has 0 radical (unpaired) electrons. The third kappa shape index (κ3) is 3.63. The first-order valence-electron chi connectivity index (χ1n) is 13.0. The van der Waals surface area contributed by atoms with E-state index in [-0.39, 0.29) is 10.8 Å². The molecule has 0 heterocycles. The topological polar surface area (TPSA) is 38.0 Å². The molecule has 6 rings (SSSR count). The van der Waals surface area contributed by atoms with Gasteiger partial charge in [-0.05, 0) is 82.6 Å². The van der Waals surface area contributed by atoms with Gasteiger partial charge in [0.1, 0.15) is 0 Å². The molecule has 1 fully saturated rings. The van der Waals surface area contributed by atoms with Crippen LogP contribution in [0.15, 0.2) is 91.0 Å². The van der Waals surface area contributed by atoms with Crippen molar-refractivity contribution in [3.05, 3.63) is 113 Å². The zero-order chi connectivity index (χ0) is 24.0. The SMILES string of the molecule is CC1(C)c2ccccc2-c2cc(Nc3ccc(C4(c5ccc(N)cc5)CCCCC4)cc3)ccc21. The van der Waals surface area contributed by atoms with Gasteiger partial charge in [0.05, 0.1) is 0 Å². The number of hydrogen-bond acceptors (Lipinski definition) is 2. The third-order valence-corrected chi connectivity index (χ3v) is 8.48. The zero-order valence-corrected chi connectivity index (χ0v) is 20.8. The number of nitrogen functional groups attached to an aromatic ring is 1. The first-order valence-corrected chi connectivity index (χ1v) is 13.0. The maximum Gasteiger partial charge on any atom is 0.0390 e. The molecule has 3 N–H and O–H groups in total. The van der Waals surface area contributed by atoms with E-state index in [1.807, 2.05) is 0 Å². The Bertz CT molecular complexity index is 1360. The van der Waals surface area contributed by atoms with Crippen LogP contribution >= 0.6 is 0 Å². The molecule has 0 amide bonds. The molecule has 2 aliphatic rings. The fourth-order valence-corrected chi connectivity index (χ4v) is 6.54. The quantitative estimate of drug-likeness (QED) is 0.301. The highest BCUT2D eigenvalue weighted by Gasteiger charge is 2.36. The van der Waals surface area contributed by atoms with E-state index in [4.69, 9.17) is 5.73 Å². The van der Waals surface area contributed by atoms with Gasteiger partial charge >= 0.3 is 0 Å². The second-order valence-corrected chi connectivity index (χ2v) is 10.9. The van der Waals surface area contributed by atoms with Gasteiger partial charge in [0.15, 0.2) is 0 Å². The van der Waals surface area contributed by atoms with Crippen molar-refractivity contribution in [2.75, 3.05) is 11.1 Å². The molecule has 0 aromatic heterocycles. The second-order valence-electron chi connectivity index (χ2n) is 10.9. The maximum atomic E-state index is 6.00. The van der Waals surface area contributed by atoms with Crippen LogP contribution in [-0.4, -0.2) is 0 Å². The van der Waals surface area contributed by atoms with Gasteiger partial charge in [0.25, 0.3) is 0 Å². The van der Waals surface area contributed by atoms with Crippen molar-refractivity contribution in [3.63, 3.8) is 0 Å². The fraction of sp³-hybridized carbons (Fsp3) is 0.273. The van der Waals surface area contributed by atoms with Crippen molar-refractivity contribution in [2.45, 2.75) is 56.8 Å². The number of rotatable bonds is 4. The standard InChI is InChI=1S/C33H34N2/c1-32(2)30-9-5-4-8-28(30)29-22-27(18-19-31(29)32)35-26-16-12-24(13-17-26)33(20-6-3-7-21-33)23-10-14-25(34)15-11-23/h4-5,8-19,22,35H,3,6-7,20-21,34H2,1-2H3. The van der Waals surface area contributed by atoms with Gasteiger partial charge < -0.3 is 11.1 Å². The summed E-state index contributed by atoms with van der Waals surface area (Å²) in [4.78, 5) is 0. The highest BCUT2D eigenvalue weighted by Crippen LogP contribution is 2.49. The summed E-state index contributed by atoms with van der Waals surface area (Å²) in [6, 6.07) is 33.4. The summed E-state index contributed by atoms with van der Waals surface area (Å²) in [7, 11) is 0. The zero-order valence-electron chi connectivity index (χ0n) is 20.8. The lowest BCUT2D eigenvalue weighted by atomic mass is 9.65. The van der Waals surface area contributed by atoms with Crippen LogP contribution in [0.3, 0.4) is 0 Å². The van der Waals surface area contributed by atoms with E-state index in [9.17, 15) is 0 Å².